The number of halogens is 3. The van der Waals surface area contributed by atoms with Crippen LogP contribution in [0.15, 0.2) is 79.0 Å². The molecular weight excluding hydrogens is 768 g/mol. The molecule has 3 aromatic carbocycles. The summed E-state index contributed by atoms with van der Waals surface area (Å²) in [5.41, 5.74) is -0.438. The lowest BCUT2D eigenvalue weighted by Crippen LogP contribution is -2.60. The molecule has 1 aliphatic heterocycles. The van der Waals surface area contributed by atoms with Crippen LogP contribution in [0.25, 0.3) is 5.69 Å². The summed E-state index contributed by atoms with van der Waals surface area (Å²) < 4.78 is 52.9. The Kier molecular flexibility index (Phi) is 13.7. The number of ether oxygens (including phenoxy) is 2. The number of rotatable bonds is 13. The van der Waals surface area contributed by atoms with Crippen LogP contribution < -0.4 is 10.1 Å². The molecule has 16 heteroatoms. The van der Waals surface area contributed by atoms with E-state index in [2.05, 4.69) is 15.5 Å². The third kappa shape index (κ3) is 11.8. The third-order valence-electron chi connectivity index (χ3n) is 9.89. The van der Waals surface area contributed by atoms with Gasteiger partial charge in [0.2, 0.25) is 11.8 Å². The minimum atomic E-state index is -1.09. The van der Waals surface area contributed by atoms with Gasteiger partial charge in [-0.25, -0.2) is 18.0 Å². The zero-order valence-corrected chi connectivity index (χ0v) is 34.6. The van der Waals surface area contributed by atoms with Gasteiger partial charge in [-0.15, -0.1) is 5.10 Å². The summed E-state index contributed by atoms with van der Waals surface area (Å²) in [6.45, 7) is 12.3. The molecule has 4 aromatic rings. The molecule has 4 amide bonds. The molecule has 1 N–H and O–H groups in total. The lowest BCUT2D eigenvalue weighted by Gasteiger charge is -2.38. The Balaban J connectivity index is 1.45. The molecule has 1 saturated heterocycles. The maximum absolute atomic E-state index is 14.8. The van der Waals surface area contributed by atoms with Gasteiger partial charge in [0, 0.05) is 26.6 Å². The quantitative estimate of drug-likeness (QED) is 0.168. The second-order valence-electron chi connectivity index (χ2n) is 16.8. The molecule has 1 aromatic heterocycles. The highest BCUT2D eigenvalue weighted by Crippen LogP contribution is 2.29. The molecule has 5 rings (SSSR count). The number of aromatic nitrogens is 3. The van der Waals surface area contributed by atoms with E-state index in [1.165, 1.54) is 90.5 Å². The van der Waals surface area contributed by atoms with Crippen molar-refractivity contribution < 1.29 is 41.8 Å². The van der Waals surface area contributed by atoms with Gasteiger partial charge in [0.1, 0.15) is 47.0 Å². The summed E-state index contributed by atoms with van der Waals surface area (Å²) in [7, 11) is 1.44. The average Bonchev–Trinajstić information content (AvgIpc) is 3.83. The molecule has 2 heterocycles. The number of nitrogens with zero attached hydrogens (tertiary/aromatic N) is 6. The first-order valence-corrected chi connectivity index (χ1v) is 19.4. The molecule has 4 atom stereocenters. The fourth-order valence-corrected chi connectivity index (χ4v) is 6.52. The van der Waals surface area contributed by atoms with Crippen LogP contribution in [0.5, 0.6) is 5.75 Å². The van der Waals surface area contributed by atoms with Crippen LogP contribution in [-0.4, -0.2) is 110 Å². The zero-order valence-electron chi connectivity index (χ0n) is 34.6. The van der Waals surface area contributed by atoms with Crippen LogP contribution >= 0.6 is 0 Å². The van der Waals surface area contributed by atoms with E-state index in [4.69, 9.17) is 9.47 Å². The van der Waals surface area contributed by atoms with E-state index in [0.717, 1.165) is 10.5 Å². The number of likely N-dealkylation sites (N-methyl/N-ethyl adjacent to an activating group) is 1. The van der Waals surface area contributed by atoms with Gasteiger partial charge < -0.3 is 24.6 Å². The first-order chi connectivity index (χ1) is 27.7. The van der Waals surface area contributed by atoms with Crippen molar-refractivity contribution in [1.29, 1.82) is 0 Å². The van der Waals surface area contributed by atoms with Crippen molar-refractivity contribution >= 4 is 23.8 Å². The second-order valence-corrected chi connectivity index (χ2v) is 16.8. The molecule has 13 nitrogen and oxygen atoms in total. The molecule has 0 radical (unpaired) electrons. The van der Waals surface area contributed by atoms with Crippen molar-refractivity contribution in [2.45, 2.75) is 91.1 Å². The van der Waals surface area contributed by atoms with Gasteiger partial charge in [-0.3, -0.25) is 19.3 Å². The molecule has 0 saturated carbocycles. The van der Waals surface area contributed by atoms with E-state index in [1.807, 2.05) is 0 Å². The van der Waals surface area contributed by atoms with E-state index in [-0.39, 0.29) is 31.7 Å². The average molecular weight is 820 g/mol. The van der Waals surface area contributed by atoms with Gasteiger partial charge in [-0.1, -0.05) is 32.9 Å². The summed E-state index contributed by atoms with van der Waals surface area (Å²) in [6, 6.07) is 14.1. The summed E-state index contributed by atoms with van der Waals surface area (Å²) in [5.74, 6) is -2.44. The van der Waals surface area contributed by atoms with Crippen molar-refractivity contribution in [3.63, 3.8) is 0 Å². The maximum atomic E-state index is 14.8. The second kappa shape index (κ2) is 18.3. The Labute approximate surface area is 342 Å². The normalized spacial score (nSPS) is 16.6. The number of hydrogen-bond acceptors (Lipinski definition) is 8. The molecule has 1 fully saturated rings. The Morgan fingerprint density at radius 3 is 2.03 bits per heavy atom. The number of amides is 4. The number of nitrogens with one attached hydrogen (secondary N) is 1. The molecule has 59 heavy (non-hydrogen) atoms. The van der Waals surface area contributed by atoms with Gasteiger partial charge in [-0.05, 0) is 106 Å². The SMILES string of the molecule is C[C@@H](C(=O)N[C@H](C(=O)N1C[C@@H](Oc2ccc(F)cc2)C[C@H]1CN(CCc1ccc(F)cc1)C(=O)c1cnn(-c2ccc(F)cc2)n1)C(C)(C)C)N(C)C(=O)OC(C)(C)C. The molecule has 0 unspecified atom stereocenters. The van der Waals surface area contributed by atoms with Crippen molar-refractivity contribution in [3.8, 4) is 11.4 Å². The first-order valence-electron chi connectivity index (χ1n) is 19.4. The minimum Gasteiger partial charge on any atom is -0.489 e. The van der Waals surface area contributed by atoms with Gasteiger partial charge in [-0.2, -0.15) is 9.90 Å². The van der Waals surface area contributed by atoms with E-state index >= 15 is 0 Å². The molecule has 316 valence electrons. The molecule has 0 bridgehead atoms. The van der Waals surface area contributed by atoms with E-state index in [9.17, 15) is 32.3 Å². The van der Waals surface area contributed by atoms with Crippen LogP contribution in [0.3, 0.4) is 0 Å². The van der Waals surface area contributed by atoms with Crippen LogP contribution in [0.1, 0.15) is 70.9 Å². The Morgan fingerprint density at radius 2 is 1.46 bits per heavy atom. The lowest BCUT2D eigenvalue weighted by atomic mass is 9.85. The highest BCUT2D eigenvalue weighted by Gasteiger charge is 2.45. The Morgan fingerprint density at radius 1 is 0.881 bits per heavy atom. The molecule has 1 aliphatic rings. The van der Waals surface area contributed by atoms with Gasteiger partial charge in [0.05, 0.1) is 24.5 Å². The number of benzene rings is 3. The van der Waals surface area contributed by atoms with Crippen molar-refractivity contribution in [1.82, 2.24) is 35.0 Å². The van der Waals surface area contributed by atoms with Crippen LogP contribution in [0.4, 0.5) is 18.0 Å². The van der Waals surface area contributed by atoms with E-state index in [1.54, 1.807) is 58.6 Å². The lowest BCUT2D eigenvalue weighted by molar-refractivity contribution is -0.141. The van der Waals surface area contributed by atoms with Crippen molar-refractivity contribution in [2.75, 3.05) is 26.7 Å². The summed E-state index contributed by atoms with van der Waals surface area (Å²) in [4.78, 5) is 61.2. The number of carbonyl (C=O) groups excluding carboxylic acids is 4. The molecular formula is C43H52F3N7O6. The number of carbonyl (C=O) groups is 4. The Hall–Kier alpha value is -5.93. The highest BCUT2D eigenvalue weighted by molar-refractivity contribution is 5.93. The molecule has 0 spiro atoms. The van der Waals surface area contributed by atoms with Gasteiger partial charge in [0.25, 0.3) is 5.91 Å². The van der Waals surface area contributed by atoms with Crippen LogP contribution in [0, 0.1) is 22.9 Å². The summed E-state index contributed by atoms with van der Waals surface area (Å²) >= 11 is 0. The third-order valence-corrected chi connectivity index (χ3v) is 9.89. The fraction of sp³-hybridized carbons (Fsp3) is 0.442. The van der Waals surface area contributed by atoms with Crippen LogP contribution in [0.2, 0.25) is 0 Å². The summed E-state index contributed by atoms with van der Waals surface area (Å²) in [6.07, 6.45) is 0.598. The van der Waals surface area contributed by atoms with Gasteiger partial charge in [0.15, 0.2) is 5.69 Å². The standard InChI is InChI=1S/C43H52F3N7O6/c1-27(50(8)41(57)59-43(5,6)7)38(54)48-37(42(2,3)4)40(56)52-26-35(58-34-19-15-31(46)16-20-34)23-33(52)25-51(22-21-28-9-11-29(44)12-10-28)39(55)36-24-47-53(49-36)32-17-13-30(45)14-18-32/h9-20,24,27,33,35,37H,21-23,25-26H2,1-8H3,(H,48,54)/t27-,33-,35-,37+/m0/s1. The number of hydrogen-bond donors (Lipinski definition) is 1. The van der Waals surface area contributed by atoms with Crippen LogP contribution in [-0.2, 0) is 20.7 Å². The topological polar surface area (TPSA) is 139 Å². The Bertz CT molecular complexity index is 2080. The monoisotopic (exact) mass is 819 g/mol. The summed E-state index contributed by atoms with van der Waals surface area (Å²) in [5, 5.41) is 11.5. The predicted molar refractivity (Wildman–Crippen MR) is 213 cm³/mol. The van der Waals surface area contributed by atoms with Gasteiger partial charge >= 0.3 is 6.09 Å². The minimum absolute atomic E-state index is 0.00104. The number of likely N-dealkylation sites (tertiary alicyclic amines) is 1. The zero-order chi connectivity index (χ0) is 43.2. The maximum Gasteiger partial charge on any atom is 0.410 e. The van der Waals surface area contributed by atoms with Crippen molar-refractivity contribution in [2.24, 2.45) is 5.41 Å². The smallest absolute Gasteiger partial charge is 0.410 e. The van der Waals surface area contributed by atoms with E-state index in [0.29, 0.717) is 17.9 Å². The fourth-order valence-electron chi connectivity index (χ4n) is 6.52. The highest BCUT2D eigenvalue weighted by atomic mass is 19.1. The molecule has 0 aliphatic carbocycles. The first kappa shape index (κ1) is 44.2. The predicted octanol–water partition coefficient (Wildman–Crippen LogP) is 6.20. The van der Waals surface area contributed by atoms with Crippen molar-refractivity contribution in [3.05, 3.63) is 108 Å². The van der Waals surface area contributed by atoms with E-state index < -0.39 is 76.5 Å². The largest absolute Gasteiger partial charge is 0.489 e.